The number of nitrogens with zero attached hydrogens (tertiary/aromatic N) is 3. The Hall–Kier alpha value is -2.19. The van der Waals surface area contributed by atoms with Gasteiger partial charge in [-0.05, 0) is 31.4 Å². The summed E-state index contributed by atoms with van der Waals surface area (Å²) in [6.07, 6.45) is 6.65. The average Bonchev–Trinajstić information content (AvgIpc) is 3.00. The maximum absolute atomic E-state index is 12.2. The molecule has 1 aliphatic carbocycles. The number of amides is 2. The first-order chi connectivity index (χ1) is 12.0. The van der Waals surface area contributed by atoms with E-state index < -0.39 is 6.10 Å². The number of aliphatic hydroxyl groups excluding tert-OH is 1. The molecule has 2 heterocycles. The van der Waals surface area contributed by atoms with E-state index in [0.29, 0.717) is 13.1 Å². The maximum atomic E-state index is 12.2. The third-order valence-electron chi connectivity index (χ3n) is 4.95. The monoisotopic (exact) mass is 347 g/mol. The first-order valence-electron chi connectivity index (χ1n) is 8.70. The van der Waals surface area contributed by atoms with E-state index in [4.69, 9.17) is 0 Å². The Balaban J connectivity index is 1.58. The lowest BCUT2D eigenvalue weighted by molar-refractivity contribution is -0.127. The van der Waals surface area contributed by atoms with Gasteiger partial charge in [0.25, 0.3) is 0 Å². The molecule has 3 atom stereocenters. The van der Waals surface area contributed by atoms with Crippen molar-refractivity contribution in [3.8, 4) is 0 Å². The van der Waals surface area contributed by atoms with Gasteiger partial charge in [-0.15, -0.1) is 0 Å². The van der Waals surface area contributed by atoms with Crippen molar-refractivity contribution in [2.24, 2.45) is 7.05 Å². The highest BCUT2D eigenvalue weighted by atomic mass is 16.3. The molecule has 136 valence electrons. The Kier molecular flexibility index (Phi) is 5.50. The zero-order valence-corrected chi connectivity index (χ0v) is 14.4. The second-order valence-electron chi connectivity index (χ2n) is 6.64. The summed E-state index contributed by atoms with van der Waals surface area (Å²) >= 11 is 0. The smallest absolute Gasteiger partial charge is 0.244 e. The van der Waals surface area contributed by atoms with E-state index in [9.17, 15) is 14.7 Å². The molecule has 1 aliphatic heterocycles. The number of hydrogen-bond donors (Lipinski definition) is 3. The Morgan fingerprint density at radius 2 is 2.32 bits per heavy atom. The van der Waals surface area contributed by atoms with E-state index >= 15 is 0 Å². The van der Waals surface area contributed by atoms with Gasteiger partial charge < -0.3 is 15.7 Å². The van der Waals surface area contributed by atoms with Gasteiger partial charge in [0.1, 0.15) is 0 Å². The predicted octanol–water partition coefficient (Wildman–Crippen LogP) is -0.737. The van der Waals surface area contributed by atoms with E-state index in [1.165, 1.54) is 6.08 Å². The number of piperazine rings is 1. The molecule has 1 aromatic heterocycles. The van der Waals surface area contributed by atoms with Gasteiger partial charge in [0.15, 0.2) is 0 Å². The molecule has 25 heavy (non-hydrogen) atoms. The zero-order chi connectivity index (χ0) is 17.8. The van der Waals surface area contributed by atoms with Crippen molar-refractivity contribution in [1.82, 2.24) is 25.3 Å². The summed E-state index contributed by atoms with van der Waals surface area (Å²) in [5, 5.41) is 20.4. The maximum Gasteiger partial charge on any atom is 0.244 e. The molecule has 0 unspecified atom stereocenters. The minimum Gasteiger partial charge on any atom is -0.389 e. The molecule has 1 saturated carbocycles. The summed E-state index contributed by atoms with van der Waals surface area (Å²) in [5.41, 5.74) is 0.830. The van der Waals surface area contributed by atoms with Crippen LogP contribution < -0.4 is 10.6 Å². The van der Waals surface area contributed by atoms with Gasteiger partial charge in [-0.2, -0.15) is 5.10 Å². The van der Waals surface area contributed by atoms with Crippen molar-refractivity contribution < 1.29 is 14.7 Å². The minimum atomic E-state index is -0.672. The van der Waals surface area contributed by atoms with Gasteiger partial charge in [0.05, 0.1) is 24.4 Å². The van der Waals surface area contributed by atoms with Gasteiger partial charge >= 0.3 is 0 Å². The fourth-order valence-corrected chi connectivity index (χ4v) is 3.59. The standard InChI is InChI=1S/C17H25N5O3/c1-21-12(7-8-19-21)5-6-15(23)20-13-3-2-4-14(17(13)25)22-10-9-18-16(24)11-22/h5-8,13-14,17,25H,2-4,9-11H2,1H3,(H,18,24)(H,20,23)/b6-5+/t13-,14-,17-/m1/s1. The summed E-state index contributed by atoms with van der Waals surface area (Å²) in [6.45, 7) is 1.64. The van der Waals surface area contributed by atoms with Gasteiger partial charge in [-0.25, -0.2) is 0 Å². The Labute approximate surface area is 146 Å². The highest BCUT2D eigenvalue weighted by Gasteiger charge is 2.37. The van der Waals surface area contributed by atoms with E-state index in [2.05, 4.69) is 15.7 Å². The van der Waals surface area contributed by atoms with Gasteiger partial charge in [0.2, 0.25) is 11.8 Å². The van der Waals surface area contributed by atoms with E-state index in [1.54, 1.807) is 17.0 Å². The fourth-order valence-electron chi connectivity index (χ4n) is 3.59. The van der Waals surface area contributed by atoms with Crippen LogP contribution in [0.1, 0.15) is 25.0 Å². The first kappa shape index (κ1) is 17.6. The lowest BCUT2D eigenvalue weighted by Crippen LogP contribution is -2.60. The van der Waals surface area contributed by atoms with Crippen molar-refractivity contribution in [2.45, 2.75) is 37.5 Å². The van der Waals surface area contributed by atoms with Crippen LogP contribution in [0.2, 0.25) is 0 Å². The molecular weight excluding hydrogens is 322 g/mol. The minimum absolute atomic E-state index is 0.0104. The van der Waals surface area contributed by atoms with Crippen LogP contribution in [0, 0.1) is 0 Å². The lowest BCUT2D eigenvalue weighted by atomic mass is 9.86. The second-order valence-corrected chi connectivity index (χ2v) is 6.64. The normalized spacial score (nSPS) is 28.1. The van der Waals surface area contributed by atoms with Crippen LogP contribution in [0.3, 0.4) is 0 Å². The summed E-state index contributed by atoms with van der Waals surface area (Å²) in [7, 11) is 1.81. The van der Waals surface area contributed by atoms with E-state index in [1.807, 2.05) is 18.0 Å². The highest BCUT2D eigenvalue weighted by molar-refractivity contribution is 5.91. The van der Waals surface area contributed by atoms with Gasteiger partial charge in [0, 0.05) is 38.5 Å². The predicted molar refractivity (Wildman–Crippen MR) is 92.4 cm³/mol. The molecule has 3 N–H and O–H groups in total. The SMILES string of the molecule is Cn1nccc1/C=C/C(=O)N[C@@H]1CCC[C@@H](N2CCNC(=O)C2)[C@@H]1O. The molecule has 0 radical (unpaired) electrons. The summed E-state index contributed by atoms with van der Waals surface area (Å²) < 4.78 is 1.68. The number of aromatic nitrogens is 2. The highest BCUT2D eigenvalue weighted by Crippen LogP contribution is 2.24. The second kappa shape index (κ2) is 7.79. The summed E-state index contributed by atoms with van der Waals surface area (Å²) in [5.74, 6) is -0.244. The molecule has 8 heteroatoms. The lowest BCUT2D eigenvalue weighted by Gasteiger charge is -2.42. The number of aliphatic hydroxyl groups is 1. The number of nitrogens with one attached hydrogen (secondary N) is 2. The molecule has 0 aromatic carbocycles. The van der Waals surface area contributed by atoms with Crippen molar-refractivity contribution in [3.63, 3.8) is 0 Å². The van der Waals surface area contributed by atoms with E-state index in [-0.39, 0.29) is 23.9 Å². The molecule has 1 aromatic rings. The van der Waals surface area contributed by atoms with Crippen molar-refractivity contribution in [2.75, 3.05) is 19.6 Å². The van der Waals surface area contributed by atoms with Crippen LogP contribution in [0.4, 0.5) is 0 Å². The van der Waals surface area contributed by atoms with Crippen LogP contribution in [-0.4, -0.2) is 69.4 Å². The molecule has 3 rings (SSSR count). The molecule has 2 amide bonds. The van der Waals surface area contributed by atoms with Crippen molar-refractivity contribution in [3.05, 3.63) is 24.0 Å². The van der Waals surface area contributed by atoms with Crippen molar-refractivity contribution in [1.29, 1.82) is 0 Å². The number of rotatable bonds is 4. The Morgan fingerprint density at radius 3 is 3.04 bits per heavy atom. The van der Waals surface area contributed by atoms with Crippen LogP contribution in [-0.2, 0) is 16.6 Å². The van der Waals surface area contributed by atoms with Crippen LogP contribution in [0.25, 0.3) is 6.08 Å². The van der Waals surface area contributed by atoms with Crippen LogP contribution in [0.5, 0.6) is 0 Å². The molecule has 8 nitrogen and oxygen atoms in total. The molecule has 0 spiro atoms. The third kappa shape index (κ3) is 4.26. The largest absolute Gasteiger partial charge is 0.389 e. The number of carbonyl (C=O) groups excluding carboxylic acids is 2. The number of aryl methyl sites for hydroxylation is 1. The summed E-state index contributed by atoms with van der Waals surface area (Å²) in [4.78, 5) is 25.8. The zero-order valence-electron chi connectivity index (χ0n) is 14.4. The topological polar surface area (TPSA) is 99.5 Å². The van der Waals surface area contributed by atoms with Crippen molar-refractivity contribution >= 4 is 17.9 Å². The first-order valence-corrected chi connectivity index (χ1v) is 8.70. The van der Waals surface area contributed by atoms with E-state index in [0.717, 1.165) is 31.5 Å². The molecule has 1 saturated heterocycles. The van der Waals surface area contributed by atoms with Gasteiger partial charge in [-0.3, -0.25) is 19.2 Å². The number of carbonyl (C=O) groups is 2. The Morgan fingerprint density at radius 1 is 1.48 bits per heavy atom. The Bertz CT molecular complexity index is 656. The molecule has 0 bridgehead atoms. The third-order valence-corrected chi connectivity index (χ3v) is 4.95. The van der Waals surface area contributed by atoms with Crippen LogP contribution >= 0.6 is 0 Å². The molecule has 2 aliphatic rings. The van der Waals surface area contributed by atoms with Gasteiger partial charge in [-0.1, -0.05) is 0 Å². The van der Waals surface area contributed by atoms with Crippen LogP contribution in [0.15, 0.2) is 18.3 Å². The summed E-state index contributed by atoms with van der Waals surface area (Å²) in [6, 6.07) is 1.43. The molecule has 2 fully saturated rings. The molecular formula is C17H25N5O3. The fraction of sp³-hybridized carbons (Fsp3) is 0.588. The number of hydrogen-bond acceptors (Lipinski definition) is 5. The average molecular weight is 347 g/mol. The quantitative estimate of drug-likeness (QED) is 0.623.